The molecule has 0 saturated heterocycles. The number of amides is 2. The molecule has 5 nitrogen and oxygen atoms in total. The fourth-order valence-electron chi connectivity index (χ4n) is 0.101. The zero-order chi connectivity index (χ0) is 5.86. The molecular formula is CH5N4OS-. The van der Waals surface area contributed by atoms with Crippen LogP contribution in [-0.2, 0) is 10.7 Å². The Kier molecular flexibility index (Phi) is 2.14. The molecule has 0 rings (SSSR count). The zero-order valence-corrected chi connectivity index (χ0v) is 4.21. The molecule has 0 fully saturated rings. The molecule has 7 heavy (non-hydrogen) atoms. The molecule has 0 aliphatic heterocycles. The standard InChI is InChI=1S/CH5N4OS/c2-1(6)5-7(3)4/h(H5,2,3,4,5,6)/q-1. The third kappa shape index (κ3) is 5.22. The summed E-state index contributed by atoms with van der Waals surface area (Å²) in [5, 5.41) is 0. The van der Waals surface area contributed by atoms with E-state index in [0.29, 0.717) is 0 Å². The minimum Gasteiger partial charge on any atom is -0.417 e. The van der Waals surface area contributed by atoms with Gasteiger partial charge in [0.1, 0.15) is 0 Å². The average Bonchev–Trinajstić information content (AvgIpc) is 1.27. The van der Waals surface area contributed by atoms with Gasteiger partial charge in [-0.25, -0.2) is 10.7 Å². The maximum Gasteiger partial charge on any atom is 0.295 e. The van der Waals surface area contributed by atoms with Gasteiger partial charge in [-0.05, 0) is 0 Å². The van der Waals surface area contributed by atoms with Crippen LogP contribution in [0.2, 0.25) is 0 Å². The van der Waals surface area contributed by atoms with E-state index in [1.165, 1.54) is 0 Å². The number of nitrogens with two attached hydrogens (primary N) is 1. The van der Waals surface area contributed by atoms with E-state index in [9.17, 15) is 4.79 Å². The highest BCUT2D eigenvalue weighted by atomic mass is 32.2. The van der Waals surface area contributed by atoms with E-state index in [1.54, 1.807) is 4.72 Å². The number of urea groups is 1. The first-order valence-electron chi connectivity index (χ1n) is 1.36. The lowest BCUT2D eigenvalue weighted by atomic mass is 11.2. The largest absolute Gasteiger partial charge is 0.417 e. The highest BCUT2D eigenvalue weighted by Crippen LogP contribution is 1.54. The Labute approximate surface area is 42.5 Å². The molecule has 2 amide bonds. The number of hydrogen-bond acceptors (Lipinski definition) is 4. The summed E-state index contributed by atoms with van der Waals surface area (Å²) in [7, 11) is -1.57. The van der Waals surface area contributed by atoms with E-state index in [-0.39, 0.29) is 0 Å². The van der Waals surface area contributed by atoms with Crippen LogP contribution in [0.4, 0.5) is 4.79 Å². The van der Waals surface area contributed by atoms with Crippen molar-refractivity contribution in [2.75, 3.05) is 0 Å². The molecule has 0 unspecified atom stereocenters. The van der Waals surface area contributed by atoms with Gasteiger partial charge in [-0.3, -0.25) is 4.79 Å². The molecule has 0 heterocycles. The van der Waals surface area contributed by atoms with Crippen molar-refractivity contribution in [3.8, 4) is 0 Å². The Bertz CT molecular complexity index is 129. The smallest absolute Gasteiger partial charge is 0.295 e. The van der Waals surface area contributed by atoms with E-state index in [0.717, 1.165) is 0 Å². The quantitative estimate of drug-likeness (QED) is 0.352. The topological polar surface area (TPSA) is 103 Å². The molecule has 0 aromatic rings. The molecule has 0 saturated carbocycles. The van der Waals surface area contributed by atoms with Gasteiger partial charge in [0.15, 0.2) is 0 Å². The van der Waals surface area contributed by atoms with E-state index in [2.05, 4.69) is 5.73 Å². The van der Waals surface area contributed by atoms with Crippen molar-refractivity contribution < 1.29 is 4.79 Å². The molecule has 0 aliphatic rings. The van der Waals surface area contributed by atoms with Crippen molar-refractivity contribution in [2.24, 2.45) is 5.73 Å². The van der Waals surface area contributed by atoms with Crippen molar-refractivity contribution in [3.05, 3.63) is 0 Å². The van der Waals surface area contributed by atoms with Crippen molar-refractivity contribution in [1.29, 1.82) is 9.56 Å². The number of carbonyl (C=O) groups excluding carboxylic acids is 1. The lowest BCUT2D eigenvalue weighted by Gasteiger charge is -1.99. The molecule has 0 radical (unpaired) electrons. The number of primary amides is 1. The Morgan fingerprint density at radius 2 is 2.14 bits per heavy atom. The molecule has 0 aromatic heterocycles. The first kappa shape index (κ1) is 6.22. The summed E-state index contributed by atoms with van der Waals surface area (Å²) in [6.07, 6.45) is 0. The van der Waals surface area contributed by atoms with Gasteiger partial charge in [-0.15, -0.1) is 0 Å². The molecule has 0 spiro atoms. The Morgan fingerprint density at radius 1 is 1.71 bits per heavy atom. The van der Waals surface area contributed by atoms with Crippen LogP contribution in [0, 0.1) is 9.56 Å². The van der Waals surface area contributed by atoms with Crippen LogP contribution in [0.1, 0.15) is 0 Å². The fourth-order valence-corrected chi connectivity index (χ4v) is 0.302. The predicted molar refractivity (Wildman–Crippen MR) is 25.5 cm³/mol. The number of nitrogens with one attached hydrogen (secondary N) is 3. The van der Waals surface area contributed by atoms with Crippen molar-refractivity contribution in [1.82, 2.24) is 4.72 Å². The lowest BCUT2D eigenvalue weighted by molar-refractivity contribution is 0.254. The first-order chi connectivity index (χ1) is 3.13. The maximum atomic E-state index is 9.69. The third-order valence-electron chi connectivity index (χ3n) is 0.203. The Balaban J connectivity index is 3.53. The van der Waals surface area contributed by atoms with Gasteiger partial charge in [0.25, 0.3) is 6.03 Å². The van der Waals surface area contributed by atoms with Crippen molar-refractivity contribution >= 4 is 16.7 Å². The van der Waals surface area contributed by atoms with E-state index >= 15 is 0 Å². The van der Waals surface area contributed by atoms with E-state index in [4.69, 9.17) is 9.56 Å². The molecule has 0 bridgehead atoms. The summed E-state index contributed by atoms with van der Waals surface area (Å²) in [5.74, 6) is 0. The minimum atomic E-state index is -1.57. The van der Waals surface area contributed by atoms with Crippen molar-refractivity contribution in [2.45, 2.75) is 0 Å². The second kappa shape index (κ2) is 2.40. The highest BCUT2D eigenvalue weighted by molar-refractivity contribution is 7.73. The van der Waals surface area contributed by atoms with Crippen LogP contribution < -0.4 is 10.5 Å². The molecule has 42 valence electrons. The van der Waals surface area contributed by atoms with Crippen LogP contribution in [0.3, 0.4) is 0 Å². The van der Waals surface area contributed by atoms with Gasteiger partial charge in [-0.2, -0.15) is 0 Å². The highest BCUT2D eigenvalue weighted by Gasteiger charge is 1.72. The predicted octanol–water partition coefficient (Wildman–Crippen LogP) is -0.287. The first-order valence-corrected chi connectivity index (χ1v) is 2.58. The molecule has 6 heteroatoms. The summed E-state index contributed by atoms with van der Waals surface area (Å²) in [4.78, 5) is 9.69. The summed E-state index contributed by atoms with van der Waals surface area (Å²) >= 11 is 0. The van der Waals surface area contributed by atoms with Gasteiger partial charge in [0.2, 0.25) is 0 Å². The van der Waals surface area contributed by atoms with Crippen LogP contribution in [0.25, 0.3) is 0 Å². The summed E-state index contributed by atoms with van der Waals surface area (Å²) in [6.45, 7) is 0. The zero-order valence-electron chi connectivity index (χ0n) is 3.39. The van der Waals surface area contributed by atoms with Gasteiger partial charge in [0, 0.05) is 0 Å². The molecule has 0 aromatic carbocycles. The van der Waals surface area contributed by atoms with Crippen LogP contribution in [0.15, 0.2) is 0 Å². The number of rotatable bonds is 1. The van der Waals surface area contributed by atoms with Gasteiger partial charge in [-0.1, -0.05) is 0 Å². The lowest BCUT2D eigenvalue weighted by Crippen LogP contribution is -2.26. The van der Waals surface area contributed by atoms with Crippen LogP contribution in [0.5, 0.6) is 0 Å². The average molecular weight is 121 g/mol. The third-order valence-corrected chi connectivity index (χ3v) is 0.608. The second-order valence-electron chi connectivity index (χ2n) is 0.772. The second-order valence-corrected chi connectivity index (χ2v) is 1.59. The molecular weight excluding hydrogens is 116 g/mol. The summed E-state index contributed by atoms with van der Waals surface area (Å²) in [5.41, 5.74) is 4.51. The van der Waals surface area contributed by atoms with Gasteiger partial charge >= 0.3 is 0 Å². The van der Waals surface area contributed by atoms with E-state index in [1.807, 2.05) is 0 Å². The van der Waals surface area contributed by atoms with Gasteiger partial charge < -0.3 is 20.0 Å². The SMILES string of the molecule is N=[S-](=N)NC(N)=O. The number of carbonyl (C=O) groups is 1. The molecule has 5 N–H and O–H groups in total. The maximum absolute atomic E-state index is 9.69. The minimum absolute atomic E-state index is 0.826. The monoisotopic (exact) mass is 121 g/mol. The summed E-state index contributed by atoms with van der Waals surface area (Å²) < 4.78 is 14.6. The Hall–Kier alpha value is -0.780. The normalized spacial score (nSPS) is 8.71. The Morgan fingerprint density at radius 3 is 2.14 bits per heavy atom. The van der Waals surface area contributed by atoms with Crippen molar-refractivity contribution in [3.63, 3.8) is 0 Å². The molecule has 0 aliphatic carbocycles. The number of hydrogen-bond donors (Lipinski definition) is 4. The van der Waals surface area contributed by atoms with Crippen LogP contribution in [-0.4, -0.2) is 6.03 Å². The fraction of sp³-hybridized carbons (Fsp3) is 0. The summed E-state index contributed by atoms with van der Waals surface area (Å²) in [6, 6.07) is -0.826. The molecule has 0 atom stereocenters. The van der Waals surface area contributed by atoms with Gasteiger partial charge in [0.05, 0.1) is 0 Å². The van der Waals surface area contributed by atoms with E-state index < -0.39 is 16.7 Å². The van der Waals surface area contributed by atoms with Crippen LogP contribution >= 0.6 is 0 Å².